The van der Waals surface area contributed by atoms with Crippen molar-refractivity contribution in [3.8, 4) is 22.4 Å². The van der Waals surface area contributed by atoms with Crippen molar-refractivity contribution in [1.82, 2.24) is 34.8 Å². The summed E-state index contributed by atoms with van der Waals surface area (Å²) in [7, 11) is 0. The van der Waals surface area contributed by atoms with Crippen LogP contribution >= 0.6 is 0 Å². The largest absolute Gasteiger partial charge is 0.349 e. The molecule has 0 saturated carbocycles. The van der Waals surface area contributed by atoms with E-state index in [-0.39, 0.29) is 5.69 Å². The first kappa shape index (κ1) is 20.4. The molecule has 0 unspecified atom stereocenters. The molecule has 0 amide bonds. The minimum atomic E-state index is 0.252. The first-order valence-corrected chi connectivity index (χ1v) is 10.4. The summed E-state index contributed by atoms with van der Waals surface area (Å²) in [6.45, 7) is 4.66. The number of hydrogen-bond donors (Lipinski definition) is 1. The third-order valence-corrected chi connectivity index (χ3v) is 5.32. The fourth-order valence-electron chi connectivity index (χ4n) is 3.74. The van der Waals surface area contributed by atoms with Crippen LogP contribution in [0.4, 0.5) is 5.95 Å². The van der Waals surface area contributed by atoms with Gasteiger partial charge >= 0.3 is 0 Å². The molecule has 5 rings (SSSR count). The van der Waals surface area contributed by atoms with Crippen molar-refractivity contribution in [3.63, 3.8) is 0 Å². The van der Waals surface area contributed by atoms with Crippen LogP contribution in [0.3, 0.4) is 0 Å². The van der Waals surface area contributed by atoms with Gasteiger partial charge in [0.05, 0.1) is 6.20 Å². The molecule has 1 aromatic carbocycles. The van der Waals surface area contributed by atoms with Gasteiger partial charge in [-0.1, -0.05) is 18.2 Å². The molecule has 4 heterocycles. The monoisotopic (exact) mass is 436 g/mol. The summed E-state index contributed by atoms with van der Waals surface area (Å²) in [6, 6.07) is 12.3. The molecule has 0 saturated heterocycles. The van der Waals surface area contributed by atoms with Crippen molar-refractivity contribution in [2.24, 2.45) is 0 Å². The highest BCUT2D eigenvalue weighted by Gasteiger charge is 2.12. The number of rotatable bonds is 6. The van der Waals surface area contributed by atoms with E-state index < -0.39 is 0 Å². The predicted molar refractivity (Wildman–Crippen MR) is 124 cm³/mol. The third kappa shape index (κ3) is 4.03. The lowest BCUT2D eigenvalue weighted by molar-refractivity contribution is 0.111. The van der Waals surface area contributed by atoms with Gasteiger partial charge in [0, 0.05) is 36.4 Å². The molecule has 0 radical (unpaired) electrons. The summed E-state index contributed by atoms with van der Waals surface area (Å²) < 4.78 is 1.61. The number of aryl methyl sites for hydroxylation is 2. The van der Waals surface area contributed by atoms with Crippen molar-refractivity contribution in [2.45, 2.75) is 20.4 Å². The molecule has 0 bridgehead atoms. The van der Waals surface area contributed by atoms with Gasteiger partial charge in [0.25, 0.3) is 0 Å². The number of anilines is 1. The molecule has 5 aromatic rings. The maximum atomic E-state index is 11.3. The van der Waals surface area contributed by atoms with Gasteiger partial charge in [0.1, 0.15) is 11.4 Å². The van der Waals surface area contributed by atoms with E-state index in [2.05, 4.69) is 66.8 Å². The normalized spacial score (nSPS) is 11.0. The fraction of sp³-hybridized carbons (Fsp3) is 0.125. The van der Waals surface area contributed by atoms with Gasteiger partial charge in [0.2, 0.25) is 5.95 Å². The van der Waals surface area contributed by atoms with Crippen LogP contribution in [0.5, 0.6) is 0 Å². The Morgan fingerprint density at radius 2 is 1.82 bits per heavy atom. The van der Waals surface area contributed by atoms with Crippen LogP contribution in [-0.2, 0) is 6.54 Å². The molecule has 1 N–H and O–H groups in total. The van der Waals surface area contributed by atoms with Gasteiger partial charge in [-0.15, -0.1) is 10.2 Å². The lowest BCUT2D eigenvalue weighted by Gasteiger charge is -2.10. The first-order chi connectivity index (χ1) is 16.1. The standard InChI is InChI=1S/C24H20N8O/c1-15-9-17(3-4-20(15)18-5-6-25-16(2)10-18)12-28-24-31-30-22-11-19(13-29-32(22)24)23-21(14-33)26-7-8-27-23/h3-11,13-14H,12H2,1-2H3,(H,28,31). The van der Waals surface area contributed by atoms with Gasteiger partial charge in [-0.3, -0.25) is 14.8 Å². The molecule has 0 fully saturated rings. The average molecular weight is 436 g/mol. The van der Waals surface area contributed by atoms with E-state index in [0.717, 1.165) is 16.8 Å². The number of aldehydes is 1. The minimum absolute atomic E-state index is 0.252. The highest BCUT2D eigenvalue weighted by molar-refractivity contribution is 5.83. The summed E-state index contributed by atoms with van der Waals surface area (Å²) >= 11 is 0. The number of fused-ring (bicyclic) bond motifs is 1. The smallest absolute Gasteiger partial charge is 0.246 e. The molecule has 0 aliphatic carbocycles. The zero-order valence-corrected chi connectivity index (χ0v) is 18.1. The van der Waals surface area contributed by atoms with E-state index in [0.29, 0.717) is 35.7 Å². The Morgan fingerprint density at radius 3 is 2.64 bits per heavy atom. The number of hydrogen-bond acceptors (Lipinski definition) is 8. The van der Waals surface area contributed by atoms with E-state index in [4.69, 9.17) is 0 Å². The maximum Gasteiger partial charge on any atom is 0.246 e. The summed E-state index contributed by atoms with van der Waals surface area (Å²) in [5.41, 5.74) is 7.53. The number of carbonyl (C=O) groups excluding carboxylic acids is 1. The topological polar surface area (TPSA) is 111 Å². The lowest BCUT2D eigenvalue weighted by atomic mass is 9.99. The van der Waals surface area contributed by atoms with Crippen molar-refractivity contribution in [2.75, 3.05) is 5.32 Å². The van der Waals surface area contributed by atoms with Crippen LogP contribution in [0.2, 0.25) is 0 Å². The van der Waals surface area contributed by atoms with Gasteiger partial charge < -0.3 is 5.32 Å². The Morgan fingerprint density at radius 1 is 0.939 bits per heavy atom. The zero-order valence-electron chi connectivity index (χ0n) is 18.1. The van der Waals surface area contributed by atoms with Crippen LogP contribution in [0.25, 0.3) is 28.0 Å². The molecule has 9 heteroatoms. The second-order valence-corrected chi connectivity index (χ2v) is 7.63. The van der Waals surface area contributed by atoms with E-state index in [1.807, 2.05) is 19.2 Å². The molecule has 9 nitrogen and oxygen atoms in total. The Labute approximate surface area is 189 Å². The third-order valence-electron chi connectivity index (χ3n) is 5.32. The Kier molecular flexibility index (Phi) is 5.27. The van der Waals surface area contributed by atoms with Crippen molar-refractivity contribution in [3.05, 3.63) is 83.7 Å². The van der Waals surface area contributed by atoms with Crippen LogP contribution < -0.4 is 5.32 Å². The van der Waals surface area contributed by atoms with E-state index in [1.165, 1.54) is 23.5 Å². The number of pyridine rings is 1. The van der Waals surface area contributed by atoms with E-state index in [9.17, 15) is 4.79 Å². The first-order valence-electron chi connectivity index (χ1n) is 10.4. The lowest BCUT2D eigenvalue weighted by Crippen LogP contribution is -2.06. The van der Waals surface area contributed by atoms with Gasteiger partial charge in [-0.2, -0.15) is 9.61 Å². The number of benzene rings is 1. The average Bonchev–Trinajstić information content (AvgIpc) is 3.25. The molecule has 0 aliphatic heterocycles. The summed E-state index contributed by atoms with van der Waals surface area (Å²) in [5, 5.41) is 16.1. The molecule has 0 spiro atoms. The van der Waals surface area contributed by atoms with Crippen molar-refractivity contribution >= 4 is 17.9 Å². The van der Waals surface area contributed by atoms with E-state index >= 15 is 0 Å². The molecule has 0 aliphatic rings. The Hall–Kier alpha value is -4.53. The van der Waals surface area contributed by atoms with Crippen LogP contribution in [-0.4, -0.2) is 41.0 Å². The molecule has 33 heavy (non-hydrogen) atoms. The molecular formula is C24H20N8O. The SMILES string of the molecule is Cc1cc(-c2ccc(CNc3nnc4cc(-c5nccnc5C=O)cnn34)cc2C)ccn1. The van der Waals surface area contributed by atoms with Crippen LogP contribution in [0.1, 0.15) is 27.3 Å². The number of carbonyl (C=O) groups is 1. The second kappa shape index (κ2) is 8.54. The van der Waals surface area contributed by atoms with E-state index in [1.54, 1.807) is 16.8 Å². The molecule has 162 valence electrons. The number of nitrogens with zero attached hydrogens (tertiary/aromatic N) is 7. The summed E-state index contributed by atoms with van der Waals surface area (Å²) in [6.07, 6.45) is 7.14. The van der Waals surface area contributed by atoms with Gasteiger partial charge in [-0.25, -0.2) is 4.98 Å². The number of aromatic nitrogens is 7. The minimum Gasteiger partial charge on any atom is -0.349 e. The molecule has 0 atom stereocenters. The number of nitrogens with one attached hydrogen (secondary N) is 1. The second-order valence-electron chi connectivity index (χ2n) is 7.63. The quantitative estimate of drug-likeness (QED) is 0.401. The fourth-order valence-corrected chi connectivity index (χ4v) is 3.74. The zero-order chi connectivity index (χ0) is 22.8. The summed E-state index contributed by atoms with van der Waals surface area (Å²) in [5.74, 6) is 0.526. The maximum absolute atomic E-state index is 11.3. The Bertz CT molecular complexity index is 1480. The van der Waals surface area contributed by atoms with Crippen LogP contribution in [0, 0.1) is 13.8 Å². The van der Waals surface area contributed by atoms with Gasteiger partial charge in [0.15, 0.2) is 11.9 Å². The highest BCUT2D eigenvalue weighted by atomic mass is 16.1. The Balaban J connectivity index is 1.36. The van der Waals surface area contributed by atoms with Crippen molar-refractivity contribution < 1.29 is 4.79 Å². The molecule has 4 aromatic heterocycles. The highest BCUT2D eigenvalue weighted by Crippen LogP contribution is 2.25. The van der Waals surface area contributed by atoms with Crippen LogP contribution in [0.15, 0.2) is 61.2 Å². The van der Waals surface area contributed by atoms with Gasteiger partial charge in [-0.05, 0) is 54.3 Å². The predicted octanol–water partition coefficient (Wildman–Crippen LogP) is 3.68. The van der Waals surface area contributed by atoms with Crippen molar-refractivity contribution in [1.29, 1.82) is 0 Å². The summed E-state index contributed by atoms with van der Waals surface area (Å²) in [4.78, 5) is 23.8. The molecular weight excluding hydrogens is 416 g/mol.